The minimum absolute atomic E-state index is 0.0101. The second-order valence-electron chi connectivity index (χ2n) is 34.8. The number of aliphatic imine (C=N–C) groups is 1. The summed E-state index contributed by atoms with van der Waals surface area (Å²) in [5, 5.41) is 1.50. The van der Waals surface area contributed by atoms with E-state index < -0.39 is 28.8 Å². The number of carbonyl (C=O) groups excluding carboxylic acids is 4. The summed E-state index contributed by atoms with van der Waals surface area (Å²) in [5.41, 5.74) is 15.5. The first-order valence-electron chi connectivity index (χ1n) is 43.2. The average molecular weight is 1790 g/mol. The quantitative estimate of drug-likeness (QED) is 0.0505. The van der Waals surface area contributed by atoms with E-state index in [4.69, 9.17) is 43.9 Å². The molecule has 3 amide bonds. The van der Waals surface area contributed by atoms with Crippen LogP contribution in [0.25, 0.3) is 67.2 Å². The smallest absolute Gasteiger partial charge is 0.355 e. The predicted molar refractivity (Wildman–Crippen MR) is 510 cm³/mol. The van der Waals surface area contributed by atoms with Crippen LogP contribution in [-0.4, -0.2) is 182 Å². The molecule has 129 heavy (non-hydrogen) atoms. The number of benzene rings is 5. The third-order valence-electron chi connectivity index (χ3n) is 24.1. The SMILES string of the molecule is C=CC(=O)N1CC(C)N(C2=NC(=C)N(c3ccccc3C(C)C)c3nc(-c4ccccc4F)c(Cl)cc32)CC1C.C=CC(=O)N1CC(C)N(c2nc(=O)n(-c3c(C)cc(CN(C)C)cc3C(C)C)c3nc(-c4c(N)cccc4F)c(F)cc23)CC1C.C=CC(=O)N1CC(C)N(c2nc(=O)n(-c3c(C)ccnc3C(C)C)c3nc(-c4ccccc4C(C)=O)c(Cl)cc23)CC1C. The van der Waals surface area contributed by atoms with Gasteiger partial charge in [0.25, 0.3) is 0 Å². The third-order valence-corrected chi connectivity index (χ3v) is 24.7. The fourth-order valence-corrected chi connectivity index (χ4v) is 18.3. The first-order chi connectivity index (χ1) is 61.3. The number of para-hydroxylation sites is 1. The van der Waals surface area contributed by atoms with Crippen molar-refractivity contribution in [1.82, 2.24) is 63.5 Å². The Hall–Kier alpha value is -13.0. The van der Waals surface area contributed by atoms with Crippen molar-refractivity contribution in [2.45, 2.75) is 164 Å². The molecule has 6 atom stereocenters. The summed E-state index contributed by atoms with van der Waals surface area (Å²) in [6, 6.07) is 35.7. The number of fused-ring (bicyclic) bond motifs is 3. The van der Waals surface area contributed by atoms with E-state index in [2.05, 4.69) is 89.0 Å². The lowest BCUT2D eigenvalue weighted by atomic mass is 9.94. The highest BCUT2D eigenvalue weighted by Crippen LogP contribution is 2.46. The highest BCUT2D eigenvalue weighted by atomic mass is 35.5. The molecule has 15 rings (SSSR count). The van der Waals surface area contributed by atoms with Crippen LogP contribution in [0.4, 0.5) is 42.0 Å². The lowest BCUT2D eigenvalue weighted by Gasteiger charge is -2.46. The van der Waals surface area contributed by atoms with Crippen LogP contribution in [0.15, 0.2) is 199 Å². The number of Topliss-reactive ketones (excluding diaryl/α,β-unsaturated/α-hetero) is 1. The second kappa shape index (κ2) is 38.5. The number of rotatable bonds is 17. The van der Waals surface area contributed by atoms with Crippen molar-refractivity contribution in [3.63, 3.8) is 0 Å². The van der Waals surface area contributed by atoms with E-state index in [9.17, 15) is 33.2 Å². The molecule has 6 unspecified atom stereocenters. The zero-order valence-electron chi connectivity index (χ0n) is 75.9. The first kappa shape index (κ1) is 93.7. The molecule has 0 bridgehead atoms. The minimum atomic E-state index is -0.805. The molecular formula is C100H109Cl2F3N18O6. The number of amides is 3. The number of anilines is 5. The molecule has 0 spiro atoms. The summed E-state index contributed by atoms with van der Waals surface area (Å²) in [7, 11) is 3.98. The molecule has 0 radical (unpaired) electrons. The molecule has 10 heterocycles. The number of hydrogen-bond donors (Lipinski definition) is 1. The number of halogens is 5. The fourth-order valence-electron chi connectivity index (χ4n) is 17.8. The number of piperazine rings is 3. The third kappa shape index (κ3) is 18.5. The van der Waals surface area contributed by atoms with E-state index in [0.29, 0.717) is 130 Å². The van der Waals surface area contributed by atoms with Gasteiger partial charge in [0.2, 0.25) is 17.7 Å². The summed E-state index contributed by atoms with van der Waals surface area (Å²) in [6.45, 7) is 48.2. The summed E-state index contributed by atoms with van der Waals surface area (Å²) < 4.78 is 49.2. The Morgan fingerprint density at radius 3 is 1.56 bits per heavy atom. The van der Waals surface area contributed by atoms with E-state index in [0.717, 1.165) is 44.8 Å². The van der Waals surface area contributed by atoms with Crippen LogP contribution in [0.1, 0.15) is 157 Å². The van der Waals surface area contributed by atoms with Crippen molar-refractivity contribution in [2.24, 2.45) is 4.99 Å². The molecule has 670 valence electrons. The molecule has 3 saturated heterocycles. The molecule has 6 aromatic heterocycles. The molecule has 11 aromatic rings. The van der Waals surface area contributed by atoms with Gasteiger partial charge in [-0.1, -0.05) is 164 Å². The van der Waals surface area contributed by atoms with Crippen LogP contribution in [0.3, 0.4) is 0 Å². The highest BCUT2D eigenvalue weighted by molar-refractivity contribution is 6.34. The minimum Gasteiger partial charge on any atom is -0.398 e. The monoisotopic (exact) mass is 1780 g/mol. The predicted octanol–water partition coefficient (Wildman–Crippen LogP) is 18.3. The molecule has 5 aromatic carbocycles. The maximum Gasteiger partial charge on any atom is 0.355 e. The number of ketones is 1. The van der Waals surface area contributed by atoms with Crippen LogP contribution >= 0.6 is 23.2 Å². The lowest BCUT2D eigenvalue weighted by molar-refractivity contribution is -0.131. The van der Waals surface area contributed by atoms with Gasteiger partial charge in [0.05, 0.1) is 66.1 Å². The van der Waals surface area contributed by atoms with Crippen molar-refractivity contribution < 1.29 is 32.3 Å². The molecular weight excluding hydrogens is 1680 g/mol. The Balaban J connectivity index is 0.000000166. The van der Waals surface area contributed by atoms with E-state index in [-0.39, 0.29) is 111 Å². The number of nitrogens with zero attached hydrogens (tertiary/aromatic N) is 17. The number of carbonyl (C=O) groups is 4. The van der Waals surface area contributed by atoms with Crippen LogP contribution in [-0.2, 0) is 20.9 Å². The number of pyridine rings is 4. The Bertz CT molecular complexity index is 6470. The maximum atomic E-state index is 16.1. The Morgan fingerprint density at radius 2 is 1.02 bits per heavy atom. The number of aromatic nitrogens is 8. The summed E-state index contributed by atoms with van der Waals surface area (Å²) >= 11 is 13.8. The van der Waals surface area contributed by atoms with Gasteiger partial charge in [-0.2, -0.15) is 9.97 Å². The number of hydrogen-bond acceptors (Lipinski definition) is 19. The molecule has 4 aliphatic heterocycles. The van der Waals surface area contributed by atoms with Gasteiger partial charge in [0.1, 0.15) is 40.6 Å². The number of nitrogen functional groups attached to an aromatic ring is 1. The fraction of sp³-hybridized carbons (Fsp3) is 0.330. The molecule has 29 heteroatoms. The van der Waals surface area contributed by atoms with E-state index in [1.165, 1.54) is 64.6 Å². The molecule has 4 aliphatic rings. The van der Waals surface area contributed by atoms with E-state index in [1.807, 2.05) is 152 Å². The Kier molecular flexibility index (Phi) is 28.0. The van der Waals surface area contributed by atoms with Crippen LogP contribution in [0, 0.1) is 31.3 Å². The van der Waals surface area contributed by atoms with Crippen LogP contribution in [0.2, 0.25) is 10.0 Å². The second-order valence-corrected chi connectivity index (χ2v) is 35.6. The van der Waals surface area contributed by atoms with Gasteiger partial charge >= 0.3 is 11.4 Å². The maximum absolute atomic E-state index is 16.1. The lowest BCUT2D eigenvalue weighted by Crippen LogP contribution is -2.59. The number of amidine groups is 1. The largest absolute Gasteiger partial charge is 0.398 e. The summed E-state index contributed by atoms with van der Waals surface area (Å²) in [6.07, 6.45) is 5.68. The topological polar surface area (TPSA) is 254 Å². The zero-order valence-corrected chi connectivity index (χ0v) is 77.4. The van der Waals surface area contributed by atoms with Gasteiger partial charge in [0, 0.05) is 111 Å². The molecule has 0 saturated carbocycles. The van der Waals surface area contributed by atoms with Crippen molar-refractivity contribution >= 4 is 103 Å². The van der Waals surface area contributed by atoms with Crippen molar-refractivity contribution in [2.75, 3.05) is 73.8 Å². The Morgan fingerprint density at radius 1 is 0.519 bits per heavy atom. The zero-order chi connectivity index (χ0) is 93.5. The Labute approximate surface area is 760 Å². The molecule has 3 fully saturated rings. The molecule has 0 aliphatic carbocycles. The molecule has 2 N–H and O–H groups in total. The van der Waals surface area contributed by atoms with Crippen LogP contribution < -0.4 is 31.8 Å². The van der Waals surface area contributed by atoms with E-state index in [1.54, 1.807) is 58.5 Å². The highest BCUT2D eigenvalue weighted by Gasteiger charge is 2.41. The standard InChI is InChI=1S/C35H41F2N7O2.C33H35ClN6O3.C32H33ClFN5O/c1-9-29(45)42-16-22(6)43(17-21(42)5)33-25-15-27(37)31(30-26(36)11-10-12-28(30)38)39-34(25)44(35(46)40-33)32-20(4)13-23(18-41(7)8)14-24(32)19(2)3;1-8-27(42)38-16-21(6)39(17-20(38)5)31-25-15-26(34)29(24-12-10-9-11-23(24)22(7)41)36-32(25)40(33(43)37-31)30-19(4)13-14-35-28(30)18(2)3;1-7-29(40)37-17-21(5)38(18-20(37)4)31-25-16-26(33)30(24-13-8-10-14-27(24)34)36-32(25)39(22(6)35-31)28-15-11-9-12-23(28)19(2)3/h9-15,19,21-22H,1,16-18,38H2,2-8H3;8-15,18,20-21H,1,16-17H2,2-7H3;7-16,19-21H,1,6,17-18H2,2-5H3. The van der Waals surface area contributed by atoms with Gasteiger partial charge in [0.15, 0.2) is 28.7 Å². The van der Waals surface area contributed by atoms with Crippen molar-refractivity contribution in [3.8, 4) is 45.1 Å². The van der Waals surface area contributed by atoms with Crippen molar-refractivity contribution in [3.05, 3.63) is 277 Å². The normalized spacial score (nSPS) is 17.6. The first-order valence-corrected chi connectivity index (χ1v) is 43.9. The number of nitrogens with two attached hydrogens (primary N) is 1. The number of aryl methyl sites for hydroxylation is 2. The van der Waals surface area contributed by atoms with Gasteiger partial charge < -0.3 is 40.0 Å². The molecule has 24 nitrogen and oxygen atoms in total. The van der Waals surface area contributed by atoms with Crippen LogP contribution in [0.5, 0.6) is 0 Å². The van der Waals surface area contributed by atoms with Gasteiger partial charge in [-0.15, -0.1) is 0 Å². The van der Waals surface area contributed by atoms with Gasteiger partial charge in [-0.25, -0.2) is 51.8 Å². The summed E-state index contributed by atoms with van der Waals surface area (Å²) in [5.74, 6) is 0.200. The van der Waals surface area contributed by atoms with Crippen molar-refractivity contribution in [1.29, 1.82) is 0 Å². The summed E-state index contributed by atoms with van der Waals surface area (Å²) in [4.78, 5) is 127. The van der Waals surface area contributed by atoms with E-state index >= 15 is 8.78 Å². The van der Waals surface area contributed by atoms with Gasteiger partial charge in [-0.3, -0.25) is 29.1 Å². The average Bonchev–Trinajstić information content (AvgIpc) is 0.789. The van der Waals surface area contributed by atoms with Gasteiger partial charge in [-0.05, 0) is 195 Å².